The van der Waals surface area contributed by atoms with Crippen molar-refractivity contribution in [3.05, 3.63) is 71.4 Å². The number of rotatable bonds is 7. The Morgan fingerprint density at radius 3 is 2.61 bits per heavy atom. The number of hydrogen-bond acceptors (Lipinski definition) is 8. The number of hydrogen-bond donors (Lipinski definition) is 1. The first kappa shape index (κ1) is 25.2. The fraction of sp³-hybridized carbons (Fsp3) is 0.269. The average Bonchev–Trinajstić information content (AvgIpc) is 2.89. The predicted octanol–water partition coefficient (Wildman–Crippen LogP) is 4.30. The van der Waals surface area contributed by atoms with Gasteiger partial charge in [-0.15, -0.1) is 0 Å². The zero-order chi connectivity index (χ0) is 25.7. The molecule has 0 radical (unpaired) electrons. The minimum atomic E-state index is -3.45. The first-order valence-electron chi connectivity index (χ1n) is 11.2. The van der Waals surface area contributed by atoms with Crippen LogP contribution in [0.4, 0.5) is 5.69 Å². The van der Waals surface area contributed by atoms with Crippen LogP contribution in [0.2, 0.25) is 0 Å². The molecule has 186 valence electrons. The summed E-state index contributed by atoms with van der Waals surface area (Å²) in [6.45, 7) is 1.26. The van der Waals surface area contributed by atoms with Crippen LogP contribution in [0.3, 0.4) is 0 Å². The summed E-state index contributed by atoms with van der Waals surface area (Å²) in [6, 6.07) is 14.5. The molecule has 1 aromatic heterocycles. The van der Waals surface area contributed by atoms with E-state index in [2.05, 4.69) is 10.3 Å². The van der Waals surface area contributed by atoms with Crippen molar-refractivity contribution in [2.75, 3.05) is 31.9 Å². The largest absolute Gasteiger partial charge is 0.493 e. The third kappa shape index (κ3) is 5.82. The van der Waals surface area contributed by atoms with Gasteiger partial charge in [0.2, 0.25) is 5.88 Å². The molecule has 1 amide bonds. The molecule has 1 fully saturated rings. The topological polar surface area (TPSA) is 128 Å². The second-order valence-corrected chi connectivity index (χ2v) is 10.4. The molecule has 1 saturated heterocycles. The monoisotopic (exact) mass is 507 g/mol. The third-order valence-corrected chi connectivity index (χ3v) is 6.94. The van der Waals surface area contributed by atoms with Crippen LogP contribution < -0.4 is 14.8 Å². The molecule has 0 aliphatic carbocycles. The molecule has 0 spiro atoms. The fourth-order valence-electron chi connectivity index (χ4n) is 3.90. The molecule has 0 saturated carbocycles. The molecule has 36 heavy (non-hydrogen) atoms. The van der Waals surface area contributed by atoms with Crippen LogP contribution in [0.1, 0.15) is 40.2 Å². The van der Waals surface area contributed by atoms with Crippen molar-refractivity contribution < 1.29 is 27.4 Å². The number of methoxy groups -OCH3 is 1. The number of nitrogens with zero attached hydrogens (tertiary/aromatic N) is 2. The first-order valence-corrected chi connectivity index (χ1v) is 13.1. The van der Waals surface area contributed by atoms with Crippen molar-refractivity contribution in [3.63, 3.8) is 0 Å². The van der Waals surface area contributed by atoms with Gasteiger partial charge in [-0.25, -0.2) is 13.4 Å². The average molecular weight is 508 g/mol. The Morgan fingerprint density at radius 2 is 1.92 bits per heavy atom. The molecule has 0 bridgehead atoms. The number of sulfone groups is 1. The number of anilines is 1. The van der Waals surface area contributed by atoms with Gasteiger partial charge in [-0.3, -0.25) is 4.79 Å². The second kappa shape index (κ2) is 10.8. The van der Waals surface area contributed by atoms with E-state index in [-0.39, 0.29) is 28.0 Å². The molecule has 1 N–H and O–H groups in total. The maximum atomic E-state index is 13.4. The number of carbonyl (C=O) groups excluding carboxylic acids is 1. The Labute approximate surface area is 209 Å². The lowest BCUT2D eigenvalue weighted by Gasteiger charge is -2.23. The van der Waals surface area contributed by atoms with E-state index >= 15 is 0 Å². The normalized spacial score (nSPS) is 14.0. The lowest BCUT2D eigenvalue weighted by molar-refractivity contribution is 0.0852. The molecule has 4 rings (SSSR count). The van der Waals surface area contributed by atoms with E-state index in [1.54, 1.807) is 36.5 Å². The van der Waals surface area contributed by atoms with Crippen LogP contribution in [-0.2, 0) is 14.6 Å². The van der Waals surface area contributed by atoms with E-state index in [4.69, 9.17) is 19.5 Å². The maximum absolute atomic E-state index is 13.4. The van der Waals surface area contributed by atoms with Gasteiger partial charge in [0, 0.05) is 37.4 Å². The van der Waals surface area contributed by atoms with Crippen molar-refractivity contribution in [3.8, 4) is 23.4 Å². The summed E-state index contributed by atoms with van der Waals surface area (Å²) in [5, 5.41) is 11.9. The minimum absolute atomic E-state index is 0.0468. The lowest BCUT2D eigenvalue weighted by atomic mass is 9.92. The summed E-state index contributed by atoms with van der Waals surface area (Å²) in [5.41, 5.74) is 1.77. The van der Waals surface area contributed by atoms with Crippen LogP contribution in [0.5, 0.6) is 17.4 Å². The van der Waals surface area contributed by atoms with Crippen molar-refractivity contribution in [2.24, 2.45) is 0 Å². The van der Waals surface area contributed by atoms with Crippen molar-refractivity contribution in [1.82, 2.24) is 4.98 Å². The summed E-state index contributed by atoms with van der Waals surface area (Å²) in [5.74, 6) is 0.327. The Hall–Kier alpha value is -3.94. The number of nitrogens with one attached hydrogen (secondary N) is 1. The molecular weight excluding hydrogens is 482 g/mol. The van der Waals surface area contributed by atoms with Gasteiger partial charge in [-0.1, -0.05) is 6.07 Å². The van der Waals surface area contributed by atoms with E-state index in [1.165, 1.54) is 25.3 Å². The van der Waals surface area contributed by atoms with Crippen LogP contribution in [0.25, 0.3) is 0 Å². The van der Waals surface area contributed by atoms with Crippen LogP contribution >= 0.6 is 0 Å². The highest BCUT2D eigenvalue weighted by molar-refractivity contribution is 7.90. The SMILES string of the molecule is COc1cc(C#N)ccc1Oc1ncc(C2CCOCC2)cc1C(=O)Nc1cccc(S(C)(=O)=O)c1. The molecule has 10 heteroatoms. The van der Waals surface area contributed by atoms with Crippen LogP contribution in [0.15, 0.2) is 59.6 Å². The van der Waals surface area contributed by atoms with Gasteiger partial charge in [-0.2, -0.15) is 5.26 Å². The molecule has 2 aromatic carbocycles. The smallest absolute Gasteiger partial charge is 0.261 e. The van der Waals surface area contributed by atoms with E-state index in [1.807, 2.05) is 6.07 Å². The number of ether oxygens (including phenoxy) is 3. The highest BCUT2D eigenvalue weighted by atomic mass is 32.2. The van der Waals surface area contributed by atoms with E-state index in [9.17, 15) is 13.2 Å². The van der Waals surface area contributed by atoms with Gasteiger partial charge in [-0.05, 0) is 60.7 Å². The molecule has 3 aromatic rings. The number of benzene rings is 2. The first-order chi connectivity index (χ1) is 17.3. The van der Waals surface area contributed by atoms with Gasteiger partial charge in [0.1, 0.15) is 5.56 Å². The van der Waals surface area contributed by atoms with Gasteiger partial charge in [0.15, 0.2) is 21.3 Å². The lowest BCUT2D eigenvalue weighted by Crippen LogP contribution is -2.17. The minimum Gasteiger partial charge on any atom is -0.493 e. The zero-order valence-electron chi connectivity index (χ0n) is 19.9. The Balaban J connectivity index is 1.71. The Morgan fingerprint density at radius 1 is 1.14 bits per heavy atom. The third-order valence-electron chi connectivity index (χ3n) is 5.83. The van der Waals surface area contributed by atoms with Gasteiger partial charge >= 0.3 is 0 Å². The number of nitriles is 1. The summed E-state index contributed by atoms with van der Waals surface area (Å²) in [6.07, 6.45) is 4.40. The Kier molecular flexibility index (Phi) is 7.52. The molecule has 0 unspecified atom stereocenters. The molecule has 1 aliphatic rings. The quantitative estimate of drug-likeness (QED) is 0.501. The summed E-state index contributed by atoms with van der Waals surface area (Å²) >= 11 is 0. The predicted molar refractivity (Wildman–Crippen MR) is 132 cm³/mol. The van der Waals surface area contributed by atoms with Crippen molar-refractivity contribution >= 4 is 21.4 Å². The molecule has 9 nitrogen and oxygen atoms in total. The van der Waals surface area contributed by atoms with Crippen molar-refractivity contribution in [2.45, 2.75) is 23.7 Å². The molecular formula is C26H25N3O6S. The number of carbonyl (C=O) groups is 1. The number of amides is 1. The van der Waals surface area contributed by atoms with Gasteiger partial charge in [0.25, 0.3) is 5.91 Å². The zero-order valence-corrected chi connectivity index (χ0v) is 20.7. The van der Waals surface area contributed by atoms with Crippen LogP contribution in [0, 0.1) is 11.3 Å². The summed E-state index contributed by atoms with van der Waals surface area (Å²) < 4.78 is 40.7. The highest BCUT2D eigenvalue weighted by Gasteiger charge is 2.23. The molecule has 1 aliphatic heterocycles. The van der Waals surface area contributed by atoms with E-state index < -0.39 is 15.7 Å². The summed E-state index contributed by atoms with van der Waals surface area (Å²) in [4.78, 5) is 17.9. The maximum Gasteiger partial charge on any atom is 0.261 e. The second-order valence-electron chi connectivity index (χ2n) is 8.34. The number of aromatic nitrogens is 1. The highest BCUT2D eigenvalue weighted by Crippen LogP contribution is 2.35. The standard InChI is InChI=1S/C26H25N3O6S/c1-33-24-12-17(15-27)6-7-23(24)35-26-22(13-19(16-28-26)18-8-10-34-11-9-18)25(30)29-20-4-3-5-21(14-20)36(2,31)32/h3-7,12-14,16,18H,8-11H2,1-2H3,(H,29,30). The van der Waals surface area contributed by atoms with Gasteiger partial charge in [0.05, 0.1) is 23.6 Å². The molecule has 0 atom stereocenters. The van der Waals surface area contributed by atoms with Crippen molar-refractivity contribution in [1.29, 1.82) is 5.26 Å². The fourth-order valence-corrected chi connectivity index (χ4v) is 4.56. The summed E-state index contributed by atoms with van der Waals surface area (Å²) in [7, 11) is -1.99. The van der Waals surface area contributed by atoms with E-state index in [0.29, 0.717) is 30.2 Å². The van der Waals surface area contributed by atoms with Gasteiger partial charge < -0.3 is 19.5 Å². The Bertz CT molecular complexity index is 1430. The number of pyridine rings is 1. The van der Waals surface area contributed by atoms with Crippen LogP contribution in [-0.4, -0.2) is 45.9 Å². The van der Waals surface area contributed by atoms with E-state index in [0.717, 1.165) is 24.7 Å². The molecule has 2 heterocycles.